The summed E-state index contributed by atoms with van der Waals surface area (Å²) in [4.78, 5) is 0. The molecule has 0 amide bonds. The largest absolute Gasteiger partial charge is 0.389 e. The Morgan fingerprint density at radius 2 is 1.83 bits per heavy atom. The first kappa shape index (κ1) is 11.5. The van der Waals surface area contributed by atoms with Gasteiger partial charge < -0.3 is 5.11 Å². The summed E-state index contributed by atoms with van der Waals surface area (Å²) in [7, 11) is 0. The third kappa shape index (κ3) is 2.32. The third-order valence-electron chi connectivity index (χ3n) is 3.75. The summed E-state index contributed by atoms with van der Waals surface area (Å²) in [5.41, 5.74) is 2.39. The van der Waals surface area contributed by atoms with E-state index in [1.807, 2.05) is 0 Å². The molecule has 18 heavy (non-hydrogen) atoms. The Labute approximate surface area is 108 Å². The highest BCUT2D eigenvalue weighted by molar-refractivity contribution is 5.84. The van der Waals surface area contributed by atoms with Gasteiger partial charge in [0.25, 0.3) is 0 Å². The molecule has 1 atom stereocenters. The summed E-state index contributed by atoms with van der Waals surface area (Å²) in [6.07, 6.45) is 6.24. The van der Waals surface area contributed by atoms with E-state index in [-0.39, 0.29) is 6.10 Å². The fourth-order valence-electron chi connectivity index (χ4n) is 2.70. The SMILES string of the molecule is O[C@H]1CCCC/C1=C\c1ccc2ccccc2c1. The molecule has 0 aromatic heterocycles. The summed E-state index contributed by atoms with van der Waals surface area (Å²) < 4.78 is 0. The van der Waals surface area contributed by atoms with Gasteiger partial charge in [-0.25, -0.2) is 0 Å². The summed E-state index contributed by atoms with van der Waals surface area (Å²) in [5, 5.41) is 12.5. The molecule has 0 heterocycles. The Morgan fingerprint density at radius 3 is 2.67 bits per heavy atom. The van der Waals surface area contributed by atoms with Gasteiger partial charge in [0.15, 0.2) is 0 Å². The van der Waals surface area contributed by atoms with E-state index < -0.39 is 0 Å². The average molecular weight is 238 g/mol. The lowest BCUT2D eigenvalue weighted by atomic mass is 9.90. The van der Waals surface area contributed by atoms with Crippen LogP contribution in [0.5, 0.6) is 0 Å². The number of aliphatic hydroxyl groups excluding tert-OH is 1. The van der Waals surface area contributed by atoms with Gasteiger partial charge in [-0.2, -0.15) is 0 Å². The third-order valence-corrected chi connectivity index (χ3v) is 3.75. The Bertz CT molecular complexity index is 583. The van der Waals surface area contributed by atoms with Crippen LogP contribution in [0.4, 0.5) is 0 Å². The number of benzene rings is 2. The number of hydrogen-bond donors (Lipinski definition) is 1. The molecule has 1 saturated carbocycles. The van der Waals surface area contributed by atoms with Gasteiger partial charge in [-0.05, 0) is 47.2 Å². The maximum absolute atomic E-state index is 9.98. The number of aliphatic hydroxyl groups is 1. The van der Waals surface area contributed by atoms with Crippen LogP contribution in [0.3, 0.4) is 0 Å². The van der Waals surface area contributed by atoms with Crippen LogP contribution in [0.2, 0.25) is 0 Å². The van der Waals surface area contributed by atoms with Crippen molar-refractivity contribution in [3.63, 3.8) is 0 Å². The van der Waals surface area contributed by atoms with E-state index in [1.165, 1.54) is 28.3 Å². The molecule has 0 radical (unpaired) electrons. The lowest BCUT2D eigenvalue weighted by molar-refractivity contribution is 0.180. The Morgan fingerprint density at radius 1 is 1.00 bits per heavy atom. The molecule has 1 aliphatic carbocycles. The van der Waals surface area contributed by atoms with E-state index in [4.69, 9.17) is 0 Å². The molecule has 1 aliphatic rings. The molecule has 2 aromatic rings. The predicted molar refractivity (Wildman–Crippen MR) is 76.4 cm³/mol. The lowest BCUT2D eigenvalue weighted by Gasteiger charge is -2.20. The smallest absolute Gasteiger partial charge is 0.0753 e. The van der Waals surface area contributed by atoms with E-state index in [9.17, 15) is 5.11 Å². The summed E-state index contributed by atoms with van der Waals surface area (Å²) in [6, 6.07) is 14.9. The van der Waals surface area contributed by atoms with Crippen molar-refractivity contribution in [2.75, 3.05) is 0 Å². The lowest BCUT2D eigenvalue weighted by Crippen LogP contribution is -2.14. The molecule has 1 N–H and O–H groups in total. The Hall–Kier alpha value is -1.60. The molecule has 0 spiro atoms. The summed E-state index contributed by atoms with van der Waals surface area (Å²) in [6.45, 7) is 0. The molecule has 0 unspecified atom stereocenters. The molecule has 92 valence electrons. The van der Waals surface area contributed by atoms with E-state index >= 15 is 0 Å². The van der Waals surface area contributed by atoms with Crippen molar-refractivity contribution in [2.24, 2.45) is 0 Å². The Kier molecular flexibility index (Phi) is 3.16. The Balaban J connectivity index is 1.96. The van der Waals surface area contributed by atoms with Crippen molar-refractivity contribution >= 4 is 16.8 Å². The van der Waals surface area contributed by atoms with Crippen molar-refractivity contribution in [1.82, 2.24) is 0 Å². The van der Waals surface area contributed by atoms with Crippen LogP contribution < -0.4 is 0 Å². The topological polar surface area (TPSA) is 20.2 Å². The number of fused-ring (bicyclic) bond motifs is 1. The molecule has 2 aromatic carbocycles. The molecular weight excluding hydrogens is 220 g/mol. The van der Waals surface area contributed by atoms with Crippen LogP contribution in [-0.2, 0) is 0 Å². The maximum Gasteiger partial charge on any atom is 0.0753 e. The molecular formula is C17H18O. The van der Waals surface area contributed by atoms with Crippen molar-refractivity contribution in [3.8, 4) is 0 Å². The van der Waals surface area contributed by atoms with Crippen LogP contribution >= 0.6 is 0 Å². The minimum absolute atomic E-state index is 0.231. The normalized spacial score (nSPS) is 22.5. The van der Waals surface area contributed by atoms with Gasteiger partial charge in [-0.3, -0.25) is 0 Å². The van der Waals surface area contributed by atoms with Crippen molar-refractivity contribution in [1.29, 1.82) is 0 Å². The molecule has 1 heteroatoms. The number of rotatable bonds is 1. The van der Waals surface area contributed by atoms with Crippen LogP contribution in [0, 0.1) is 0 Å². The standard InChI is InChI=1S/C17H18O/c18-17-8-4-3-7-16(17)12-13-9-10-14-5-1-2-6-15(14)11-13/h1-2,5-6,9-12,17-18H,3-4,7-8H2/b16-12+/t17-/m0/s1. The molecule has 0 aliphatic heterocycles. The number of hydrogen-bond acceptors (Lipinski definition) is 1. The maximum atomic E-state index is 9.98. The van der Waals surface area contributed by atoms with E-state index in [0.29, 0.717) is 0 Å². The van der Waals surface area contributed by atoms with Crippen molar-refractivity contribution in [3.05, 3.63) is 53.6 Å². The highest BCUT2D eigenvalue weighted by Crippen LogP contribution is 2.26. The van der Waals surface area contributed by atoms with Crippen molar-refractivity contribution < 1.29 is 5.11 Å². The van der Waals surface area contributed by atoms with Crippen LogP contribution in [0.1, 0.15) is 31.2 Å². The van der Waals surface area contributed by atoms with Crippen LogP contribution in [0.25, 0.3) is 16.8 Å². The quantitative estimate of drug-likeness (QED) is 0.791. The van der Waals surface area contributed by atoms with Gasteiger partial charge in [0.1, 0.15) is 0 Å². The van der Waals surface area contributed by atoms with Crippen LogP contribution in [0.15, 0.2) is 48.0 Å². The van der Waals surface area contributed by atoms with E-state index in [1.54, 1.807) is 0 Å². The molecule has 1 fully saturated rings. The van der Waals surface area contributed by atoms with Gasteiger partial charge in [0, 0.05) is 0 Å². The summed E-state index contributed by atoms with van der Waals surface area (Å²) in [5.74, 6) is 0. The fourth-order valence-corrected chi connectivity index (χ4v) is 2.70. The monoisotopic (exact) mass is 238 g/mol. The zero-order valence-electron chi connectivity index (χ0n) is 10.5. The molecule has 0 bridgehead atoms. The first-order valence-corrected chi connectivity index (χ1v) is 6.70. The van der Waals surface area contributed by atoms with E-state index in [2.05, 4.69) is 48.5 Å². The molecule has 1 nitrogen and oxygen atoms in total. The zero-order valence-corrected chi connectivity index (χ0v) is 10.5. The van der Waals surface area contributed by atoms with Gasteiger partial charge in [0.2, 0.25) is 0 Å². The first-order chi connectivity index (χ1) is 8.83. The van der Waals surface area contributed by atoms with E-state index in [0.717, 1.165) is 19.3 Å². The minimum atomic E-state index is -0.231. The second kappa shape index (κ2) is 4.95. The van der Waals surface area contributed by atoms with Crippen molar-refractivity contribution in [2.45, 2.75) is 31.8 Å². The fraction of sp³-hybridized carbons (Fsp3) is 0.294. The van der Waals surface area contributed by atoms with Crippen LogP contribution in [-0.4, -0.2) is 11.2 Å². The van der Waals surface area contributed by atoms with Gasteiger partial charge >= 0.3 is 0 Å². The first-order valence-electron chi connectivity index (χ1n) is 6.70. The minimum Gasteiger partial charge on any atom is -0.389 e. The molecule has 3 rings (SSSR count). The second-order valence-electron chi connectivity index (χ2n) is 5.09. The van der Waals surface area contributed by atoms with Gasteiger partial charge in [-0.1, -0.05) is 48.9 Å². The van der Waals surface area contributed by atoms with Gasteiger partial charge in [-0.15, -0.1) is 0 Å². The summed E-state index contributed by atoms with van der Waals surface area (Å²) >= 11 is 0. The average Bonchev–Trinajstić information content (AvgIpc) is 2.41. The van der Waals surface area contributed by atoms with Gasteiger partial charge in [0.05, 0.1) is 6.10 Å². The predicted octanol–water partition coefficient (Wildman–Crippen LogP) is 4.16. The highest BCUT2D eigenvalue weighted by atomic mass is 16.3. The molecule has 0 saturated heterocycles. The highest BCUT2D eigenvalue weighted by Gasteiger charge is 2.15. The zero-order chi connectivity index (χ0) is 12.4. The second-order valence-corrected chi connectivity index (χ2v) is 5.09.